The van der Waals surface area contributed by atoms with Crippen LogP contribution in [0, 0.1) is 0 Å². The van der Waals surface area contributed by atoms with Crippen molar-refractivity contribution in [1.82, 2.24) is 0 Å². The number of halogens is 2. The Morgan fingerprint density at radius 2 is 1.92 bits per heavy atom. The molecular formula is C17H16Cl2O3PTi. The van der Waals surface area contributed by atoms with Gasteiger partial charge in [-0.05, 0) is 0 Å². The molecule has 0 saturated heterocycles. The number of allylic oxidation sites excluding steroid dienone is 5. The second-order valence-electron chi connectivity index (χ2n) is 5.55. The maximum Gasteiger partial charge on any atom is -1.00 e. The number of benzene rings is 1. The topological polar surface area (TPSA) is 46.5 Å². The average molecular weight is 418 g/mol. The van der Waals surface area contributed by atoms with Gasteiger partial charge in [-0.3, -0.25) is 0 Å². The van der Waals surface area contributed by atoms with E-state index in [9.17, 15) is 9.46 Å². The van der Waals surface area contributed by atoms with Gasteiger partial charge in [0.15, 0.2) is 0 Å². The monoisotopic (exact) mass is 417 g/mol. The van der Waals surface area contributed by atoms with E-state index < -0.39 is 7.60 Å². The summed E-state index contributed by atoms with van der Waals surface area (Å²) in [6.07, 6.45) is 7.25. The zero-order chi connectivity index (χ0) is 15.9. The molecule has 2 aliphatic carbocycles. The Kier molecular flexibility index (Phi) is 7.37. The van der Waals surface area contributed by atoms with Crippen LogP contribution in [-0.2, 0) is 29.5 Å². The van der Waals surface area contributed by atoms with Crippen LogP contribution in [0.25, 0.3) is 6.08 Å². The van der Waals surface area contributed by atoms with Gasteiger partial charge in [0.05, 0.1) is 0 Å². The summed E-state index contributed by atoms with van der Waals surface area (Å²) in [5.41, 5.74) is 3.98. The van der Waals surface area contributed by atoms with Crippen LogP contribution in [0.1, 0.15) is 29.2 Å². The first kappa shape index (κ1) is 21.5. The average Bonchev–Trinajstić information content (AvgIpc) is 3.04. The first-order valence-electron chi connectivity index (χ1n) is 7.01. The van der Waals surface area contributed by atoms with Gasteiger partial charge < -0.3 is 24.8 Å². The minimum atomic E-state index is -3.89. The molecule has 0 heterocycles. The number of hydrogen-bond acceptors (Lipinski definition) is 2. The fourth-order valence-electron chi connectivity index (χ4n) is 2.63. The maximum atomic E-state index is 12.8. The Hall–Kier alpha value is -0.536. The van der Waals surface area contributed by atoms with Crippen molar-refractivity contribution >= 4 is 13.7 Å². The van der Waals surface area contributed by atoms with E-state index in [0.29, 0.717) is 11.1 Å². The predicted octanol–water partition coefficient (Wildman–Crippen LogP) is -1.37. The van der Waals surface area contributed by atoms with Crippen LogP contribution in [-0.4, -0.2) is 4.89 Å². The van der Waals surface area contributed by atoms with E-state index in [0.717, 1.165) is 22.3 Å². The Labute approximate surface area is 166 Å². The number of rotatable bonds is 3. The van der Waals surface area contributed by atoms with E-state index in [1.54, 1.807) is 12.2 Å². The molecule has 1 aromatic rings. The standard InChI is InChI=1S/C17H16O3P.2ClH.Ti/c1-12(2)16-8-5-9-17(16)20-21(18,19)15-10-13-6-3-4-7-14(13)11-15;;;/h3-11H,1-2H3,(H,18,19);2*1H;/q;;;+2/p-2. The third-order valence-corrected chi connectivity index (χ3v) is 6.60. The van der Waals surface area contributed by atoms with E-state index in [1.807, 2.05) is 70.7 Å². The van der Waals surface area contributed by atoms with E-state index in [1.165, 1.54) is 0 Å². The van der Waals surface area contributed by atoms with Gasteiger partial charge in [-0.15, -0.1) is 0 Å². The molecule has 0 radical (unpaired) electrons. The van der Waals surface area contributed by atoms with Crippen molar-refractivity contribution in [2.75, 3.05) is 0 Å². The van der Waals surface area contributed by atoms with Gasteiger partial charge in [-0.2, -0.15) is 0 Å². The minimum absolute atomic E-state index is 0. The number of hydrogen-bond donors (Lipinski definition) is 1. The van der Waals surface area contributed by atoms with E-state index in [4.69, 9.17) is 4.52 Å². The summed E-state index contributed by atoms with van der Waals surface area (Å²) in [6.45, 7) is 3.91. The van der Waals surface area contributed by atoms with Gasteiger partial charge in [-0.25, -0.2) is 0 Å². The second kappa shape index (κ2) is 8.23. The molecule has 125 valence electrons. The molecule has 0 amide bonds. The van der Waals surface area contributed by atoms with Gasteiger partial charge in [0.1, 0.15) is 0 Å². The van der Waals surface area contributed by atoms with Gasteiger partial charge in [0.2, 0.25) is 0 Å². The summed E-state index contributed by atoms with van der Waals surface area (Å²) in [5.74, 6) is 0.467. The molecule has 2 aliphatic rings. The molecule has 0 fully saturated rings. The fourth-order valence-corrected chi connectivity index (χ4v) is 5.24. The van der Waals surface area contributed by atoms with Crippen molar-refractivity contribution in [3.05, 3.63) is 75.8 Å². The van der Waals surface area contributed by atoms with Crippen molar-refractivity contribution in [3.8, 4) is 0 Å². The smallest absolute Gasteiger partial charge is 1.00 e. The summed E-state index contributed by atoms with van der Waals surface area (Å²) in [7, 11) is -3.89. The molecule has 1 aromatic carbocycles. The molecule has 2 unspecified atom stereocenters. The molecule has 1 N–H and O–H groups in total. The molecule has 0 aliphatic heterocycles. The normalized spacial score (nSPS) is 20.2. The third kappa shape index (κ3) is 3.99. The fraction of sp³-hybridized carbons (Fsp3) is 0.176. The molecule has 3 nitrogen and oxygen atoms in total. The molecule has 3 rings (SSSR count). The van der Waals surface area contributed by atoms with E-state index in [2.05, 4.69) is 0 Å². The predicted molar refractivity (Wildman–Crippen MR) is 83.7 cm³/mol. The summed E-state index contributed by atoms with van der Waals surface area (Å²) < 4.78 is 18.2. The molecule has 0 aromatic heterocycles. The largest absolute Gasteiger partial charge is 1.00 e. The molecule has 0 saturated carbocycles. The number of fused-ring (bicyclic) bond motifs is 1. The van der Waals surface area contributed by atoms with Crippen LogP contribution in [0.4, 0.5) is 0 Å². The van der Waals surface area contributed by atoms with E-state index >= 15 is 0 Å². The van der Waals surface area contributed by atoms with Crippen molar-refractivity contribution in [3.63, 3.8) is 0 Å². The Balaban J connectivity index is 0.00000144. The zero-order valence-corrected chi connectivity index (χ0v) is 17.1. The molecule has 7 heteroatoms. The van der Waals surface area contributed by atoms with Crippen molar-refractivity contribution in [2.24, 2.45) is 0 Å². The summed E-state index contributed by atoms with van der Waals surface area (Å²) in [5, 5.41) is 0.453. The zero-order valence-electron chi connectivity index (χ0n) is 13.2. The summed E-state index contributed by atoms with van der Waals surface area (Å²) >= 11 is 1.94. The van der Waals surface area contributed by atoms with Gasteiger partial charge in [0, 0.05) is 0 Å². The van der Waals surface area contributed by atoms with Crippen molar-refractivity contribution in [1.29, 1.82) is 0 Å². The Morgan fingerprint density at radius 1 is 1.25 bits per heavy atom. The van der Waals surface area contributed by atoms with Crippen LogP contribution in [0.5, 0.6) is 0 Å². The third-order valence-electron chi connectivity index (χ3n) is 3.77. The second-order valence-corrected chi connectivity index (χ2v) is 8.19. The molecule has 0 bridgehead atoms. The molecule has 2 atom stereocenters. The molecule has 0 spiro atoms. The molecular weight excluding hydrogens is 402 g/mol. The maximum absolute atomic E-state index is 12.8. The quantitative estimate of drug-likeness (QED) is 0.487. The first-order valence-corrected chi connectivity index (χ1v) is 9.49. The SMILES string of the molecule is CC(C)=C1C=CC=C1OP(=O)(O)C1=Cc2ccccc2[CH]1[Ti+2].[Cl-].[Cl-]. The van der Waals surface area contributed by atoms with Gasteiger partial charge in [0.25, 0.3) is 0 Å². The van der Waals surface area contributed by atoms with E-state index in [-0.39, 0.29) is 29.0 Å². The first-order chi connectivity index (χ1) is 10.4. The van der Waals surface area contributed by atoms with Crippen LogP contribution in [0.2, 0.25) is 0 Å². The van der Waals surface area contributed by atoms with Crippen molar-refractivity contribution in [2.45, 2.75) is 18.1 Å². The van der Waals surface area contributed by atoms with Crippen LogP contribution in [0.15, 0.2) is 64.7 Å². The Morgan fingerprint density at radius 3 is 2.54 bits per heavy atom. The Bertz CT molecular complexity index is 808. The van der Waals surface area contributed by atoms with Gasteiger partial charge >= 0.3 is 142 Å². The van der Waals surface area contributed by atoms with Crippen LogP contribution in [0.3, 0.4) is 0 Å². The molecule has 24 heavy (non-hydrogen) atoms. The van der Waals surface area contributed by atoms with Crippen molar-refractivity contribution < 1.29 is 59.2 Å². The summed E-state index contributed by atoms with van der Waals surface area (Å²) in [6, 6.07) is 7.82. The van der Waals surface area contributed by atoms with Crippen LogP contribution < -0.4 is 24.8 Å². The van der Waals surface area contributed by atoms with Crippen LogP contribution >= 0.6 is 7.60 Å². The minimum Gasteiger partial charge on any atom is -1.00 e. The summed E-state index contributed by atoms with van der Waals surface area (Å²) in [4.78, 5) is 10.5. The van der Waals surface area contributed by atoms with Gasteiger partial charge in [-0.1, -0.05) is 0 Å².